The number of thiophene rings is 1. The zero-order valence-corrected chi connectivity index (χ0v) is 11.9. The first-order valence-corrected chi connectivity index (χ1v) is 7.12. The number of carbonyl (C=O) groups is 1. The third-order valence-electron chi connectivity index (χ3n) is 2.95. The van der Waals surface area contributed by atoms with Crippen molar-refractivity contribution in [2.45, 2.75) is 19.9 Å². The van der Waals surface area contributed by atoms with Crippen LogP contribution < -0.4 is 5.32 Å². The summed E-state index contributed by atoms with van der Waals surface area (Å²) in [6.07, 6.45) is 3.46. The lowest BCUT2D eigenvalue weighted by Crippen LogP contribution is -2.24. The van der Waals surface area contributed by atoms with E-state index in [4.69, 9.17) is 0 Å². The van der Waals surface area contributed by atoms with E-state index in [0.29, 0.717) is 0 Å². The molecular weight excluding hydrogens is 254 g/mol. The summed E-state index contributed by atoms with van der Waals surface area (Å²) in [4.78, 5) is 13.0. The van der Waals surface area contributed by atoms with Crippen LogP contribution in [-0.2, 0) is 4.79 Å². The van der Waals surface area contributed by atoms with Crippen LogP contribution in [0.25, 0.3) is 6.08 Å². The Balaban J connectivity index is 1.95. The molecule has 1 amide bonds. The number of hydrogen-bond acceptors (Lipinski definition) is 2. The number of carbonyl (C=O) groups excluding carboxylic acids is 1. The van der Waals surface area contributed by atoms with Crippen LogP contribution >= 0.6 is 11.3 Å². The van der Waals surface area contributed by atoms with Crippen molar-refractivity contribution < 1.29 is 4.79 Å². The van der Waals surface area contributed by atoms with Crippen LogP contribution in [0.5, 0.6) is 0 Å². The van der Waals surface area contributed by atoms with Gasteiger partial charge in [-0.2, -0.15) is 0 Å². The van der Waals surface area contributed by atoms with Crippen LogP contribution in [0.2, 0.25) is 0 Å². The highest BCUT2D eigenvalue weighted by Gasteiger charge is 2.06. The molecule has 0 aliphatic carbocycles. The number of rotatable bonds is 4. The molecule has 0 aliphatic rings. The fourth-order valence-corrected chi connectivity index (χ4v) is 2.61. The lowest BCUT2D eigenvalue weighted by molar-refractivity contribution is -0.117. The fourth-order valence-electron chi connectivity index (χ4n) is 1.79. The Morgan fingerprint density at radius 3 is 2.63 bits per heavy atom. The van der Waals surface area contributed by atoms with Gasteiger partial charge < -0.3 is 5.32 Å². The van der Waals surface area contributed by atoms with E-state index < -0.39 is 0 Å². The number of amides is 1. The first kappa shape index (κ1) is 13.6. The minimum absolute atomic E-state index is 0.0165. The van der Waals surface area contributed by atoms with Gasteiger partial charge in [0.2, 0.25) is 5.91 Å². The molecule has 1 aromatic heterocycles. The van der Waals surface area contributed by atoms with Crippen molar-refractivity contribution in [3.05, 3.63) is 63.9 Å². The minimum atomic E-state index is -0.0656. The normalized spacial score (nSPS) is 12.5. The summed E-state index contributed by atoms with van der Waals surface area (Å²) < 4.78 is 0. The molecule has 2 rings (SSSR count). The van der Waals surface area contributed by atoms with Crippen molar-refractivity contribution in [3.63, 3.8) is 0 Å². The quantitative estimate of drug-likeness (QED) is 0.838. The lowest BCUT2D eigenvalue weighted by atomic mass is 10.1. The smallest absolute Gasteiger partial charge is 0.244 e. The molecule has 3 heteroatoms. The van der Waals surface area contributed by atoms with Gasteiger partial charge in [-0.05, 0) is 42.5 Å². The molecule has 0 bridgehead atoms. The van der Waals surface area contributed by atoms with Crippen LogP contribution in [0, 0.1) is 6.92 Å². The van der Waals surface area contributed by atoms with Crippen LogP contribution in [0.3, 0.4) is 0 Å². The monoisotopic (exact) mass is 271 g/mol. The molecule has 2 aromatic rings. The van der Waals surface area contributed by atoms with E-state index in [1.807, 2.05) is 55.6 Å². The predicted octanol–water partition coefficient (Wildman–Crippen LogP) is 3.95. The van der Waals surface area contributed by atoms with Gasteiger partial charge in [0, 0.05) is 11.0 Å². The Labute approximate surface area is 117 Å². The fraction of sp³-hybridized carbons (Fsp3) is 0.188. The molecule has 0 unspecified atom stereocenters. The molecule has 19 heavy (non-hydrogen) atoms. The van der Waals surface area contributed by atoms with Gasteiger partial charge in [0.25, 0.3) is 0 Å². The van der Waals surface area contributed by atoms with Crippen molar-refractivity contribution in [1.82, 2.24) is 5.32 Å². The summed E-state index contributed by atoms with van der Waals surface area (Å²) >= 11 is 1.64. The predicted molar refractivity (Wildman–Crippen MR) is 81.1 cm³/mol. The number of benzene rings is 1. The van der Waals surface area contributed by atoms with Crippen molar-refractivity contribution in [2.24, 2.45) is 0 Å². The van der Waals surface area contributed by atoms with Crippen LogP contribution in [-0.4, -0.2) is 5.91 Å². The first-order valence-electron chi connectivity index (χ1n) is 6.24. The van der Waals surface area contributed by atoms with Crippen molar-refractivity contribution in [1.29, 1.82) is 0 Å². The maximum atomic E-state index is 11.8. The molecule has 1 heterocycles. The Morgan fingerprint density at radius 1 is 1.26 bits per heavy atom. The maximum Gasteiger partial charge on any atom is 0.244 e. The molecule has 0 spiro atoms. The maximum absolute atomic E-state index is 11.8. The molecule has 1 atom stereocenters. The second kappa shape index (κ2) is 6.34. The molecule has 0 radical (unpaired) electrons. The van der Waals surface area contributed by atoms with Gasteiger partial charge in [-0.3, -0.25) is 4.79 Å². The Bertz CT molecular complexity index is 571. The SMILES string of the molecule is Cc1ccsc1/C=C/C(=O)N[C@H](C)c1ccccc1. The standard InChI is InChI=1S/C16H17NOS/c1-12-10-11-19-15(12)8-9-16(18)17-13(2)14-6-4-3-5-7-14/h3-11,13H,1-2H3,(H,17,18)/b9-8+/t13-/m1/s1. The van der Waals surface area contributed by atoms with Crippen molar-refractivity contribution in [2.75, 3.05) is 0 Å². The van der Waals surface area contributed by atoms with E-state index >= 15 is 0 Å². The molecule has 0 saturated carbocycles. The Kier molecular flexibility index (Phi) is 4.53. The third kappa shape index (κ3) is 3.80. The second-order valence-electron chi connectivity index (χ2n) is 4.44. The van der Waals surface area contributed by atoms with Gasteiger partial charge in [0.05, 0.1) is 6.04 Å². The summed E-state index contributed by atoms with van der Waals surface area (Å²) in [6.45, 7) is 4.03. The molecule has 0 fully saturated rings. The highest BCUT2D eigenvalue weighted by Crippen LogP contribution is 2.17. The van der Waals surface area contributed by atoms with Gasteiger partial charge >= 0.3 is 0 Å². The van der Waals surface area contributed by atoms with Gasteiger partial charge in [0.15, 0.2) is 0 Å². The van der Waals surface area contributed by atoms with E-state index in [2.05, 4.69) is 11.4 Å². The molecule has 1 aromatic carbocycles. The summed E-state index contributed by atoms with van der Waals surface area (Å²) in [5, 5.41) is 4.98. The zero-order valence-electron chi connectivity index (χ0n) is 11.1. The highest BCUT2D eigenvalue weighted by molar-refractivity contribution is 7.11. The number of nitrogens with one attached hydrogen (secondary N) is 1. The van der Waals surface area contributed by atoms with E-state index in [1.54, 1.807) is 17.4 Å². The van der Waals surface area contributed by atoms with Gasteiger partial charge in [-0.25, -0.2) is 0 Å². The Hall–Kier alpha value is -1.87. The van der Waals surface area contributed by atoms with E-state index in [1.165, 1.54) is 5.56 Å². The van der Waals surface area contributed by atoms with Crippen molar-refractivity contribution >= 4 is 23.3 Å². The van der Waals surface area contributed by atoms with E-state index in [-0.39, 0.29) is 11.9 Å². The molecule has 0 saturated heterocycles. The van der Waals surface area contributed by atoms with E-state index in [0.717, 1.165) is 10.4 Å². The molecular formula is C16H17NOS. The average molecular weight is 271 g/mol. The van der Waals surface area contributed by atoms with E-state index in [9.17, 15) is 4.79 Å². The molecule has 2 nitrogen and oxygen atoms in total. The third-order valence-corrected chi connectivity index (χ3v) is 3.93. The largest absolute Gasteiger partial charge is 0.346 e. The highest BCUT2D eigenvalue weighted by atomic mass is 32.1. The average Bonchev–Trinajstić information content (AvgIpc) is 2.83. The summed E-state index contributed by atoms with van der Waals surface area (Å²) in [5.41, 5.74) is 2.31. The summed E-state index contributed by atoms with van der Waals surface area (Å²) in [7, 11) is 0. The van der Waals surface area contributed by atoms with Gasteiger partial charge in [-0.1, -0.05) is 30.3 Å². The van der Waals surface area contributed by atoms with Gasteiger partial charge in [-0.15, -0.1) is 11.3 Å². The van der Waals surface area contributed by atoms with Crippen molar-refractivity contribution in [3.8, 4) is 0 Å². The molecule has 1 N–H and O–H groups in total. The Morgan fingerprint density at radius 2 is 2.00 bits per heavy atom. The zero-order chi connectivity index (χ0) is 13.7. The number of aryl methyl sites for hydroxylation is 1. The van der Waals surface area contributed by atoms with Crippen LogP contribution in [0.15, 0.2) is 47.9 Å². The molecule has 0 aliphatic heterocycles. The van der Waals surface area contributed by atoms with Crippen LogP contribution in [0.4, 0.5) is 0 Å². The second-order valence-corrected chi connectivity index (χ2v) is 5.39. The van der Waals surface area contributed by atoms with Gasteiger partial charge in [0.1, 0.15) is 0 Å². The van der Waals surface area contributed by atoms with Crippen LogP contribution in [0.1, 0.15) is 29.0 Å². The summed E-state index contributed by atoms with van der Waals surface area (Å²) in [6, 6.07) is 12.0. The summed E-state index contributed by atoms with van der Waals surface area (Å²) in [5.74, 6) is -0.0656. The topological polar surface area (TPSA) is 29.1 Å². The first-order chi connectivity index (χ1) is 9.16. The lowest BCUT2D eigenvalue weighted by Gasteiger charge is -2.12. The molecule has 98 valence electrons. The number of hydrogen-bond donors (Lipinski definition) is 1. The minimum Gasteiger partial charge on any atom is -0.346 e.